The van der Waals surface area contributed by atoms with Gasteiger partial charge >= 0.3 is 0 Å². The fourth-order valence-electron chi connectivity index (χ4n) is 6.10. The number of fused-ring (bicyclic) bond motifs is 2. The van der Waals surface area contributed by atoms with Crippen molar-refractivity contribution >= 4 is 43.4 Å². The molecule has 2 fully saturated rings. The summed E-state index contributed by atoms with van der Waals surface area (Å²) in [5.41, 5.74) is 5.72. The average Bonchev–Trinajstić information content (AvgIpc) is 3.35. The van der Waals surface area contributed by atoms with Crippen LogP contribution >= 0.6 is 31.9 Å². The average molecular weight is 496 g/mol. The van der Waals surface area contributed by atoms with Gasteiger partial charge in [-0.3, -0.25) is 9.59 Å². The van der Waals surface area contributed by atoms with Crippen molar-refractivity contribution in [3.8, 4) is 0 Å². The minimum atomic E-state index is 0.222. The Morgan fingerprint density at radius 1 is 0.963 bits per heavy atom. The highest BCUT2D eigenvalue weighted by molar-refractivity contribution is 9.09. The summed E-state index contributed by atoms with van der Waals surface area (Å²) in [5, 5.41) is 0.899. The van der Waals surface area contributed by atoms with Gasteiger partial charge in [0.15, 0.2) is 5.78 Å². The van der Waals surface area contributed by atoms with Crippen LogP contribution in [-0.2, 0) is 16.6 Å². The number of carbonyl (C=O) groups is 2. The summed E-state index contributed by atoms with van der Waals surface area (Å²) >= 11 is 6.71. The summed E-state index contributed by atoms with van der Waals surface area (Å²) in [6.45, 7) is 0. The van der Waals surface area contributed by atoms with Crippen molar-refractivity contribution in [2.45, 2.75) is 75.5 Å². The quantitative estimate of drug-likeness (QED) is 0.356. The minimum absolute atomic E-state index is 0.222. The second kappa shape index (κ2) is 8.10. The molecule has 2 nitrogen and oxygen atoms in total. The van der Waals surface area contributed by atoms with E-state index in [1.165, 1.54) is 43.2 Å². The van der Waals surface area contributed by atoms with Gasteiger partial charge in [0.05, 0.1) is 10.7 Å². The molecule has 3 aliphatic rings. The fraction of sp³-hybridized carbons (Fsp3) is 0.652. The number of ketones is 2. The van der Waals surface area contributed by atoms with Gasteiger partial charge in [-0.2, -0.15) is 0 Å². The molecule has 3 aliphatic carbocycles. The van der Waals surface area contributed by atoms with Crippen LogP contribution in [0, 0.1) is 5.92 Å². The summed E-state index contributed by atoms with van der Waals surface area (Å²) in [7, 11) is 0. The fourth-order valence-corrected chi connectivity index (χ4v) is 6.86. The van der Waals surface area contributed by atoms with E-state index in [1.54, 1.807) is 5.56 Å². The molecule has 1 aromatic carbocycles. The predicted octanol–water partition coefficient (Wildman–Crippen LogP) is 6.26. The van der Waals surface area contributed by atoms with Crippen LogP contribution in [0.4, 0.5) is 0 Å². The first-order valence-electron chi connectivity index (χ1n) is 10.4. The first kappa shape index (κ1) is 19.8. The second-order valence-electron chi connectivity index (χ2n) is 8.75. The van der Waals surface area contributed by atoms with E-state index in [9.17, 15) is 9.59 Å². The van der Waals surface area contributed by atoms with E-state index in [4.69, 9.17) is 0 Å². The van der Waals surface area contributed by atoms with E-state index in [0.29, 0.717) is 27.8 Å². The highest BCUT2D eigenvalue weighted by Crippen LogP contribution is 2.54. The van der Waals surface area contributed by atoms with Gasteiger partial charge in [0.25, 0.3) is 0 Å². The number of hydrogen-bond acceptors (Lipinski definition) is 2. The van der Waals surface area contributed by atoms with E-state index in [-0.39, 0.29) is 11.7 Å². The first-order valence-corrected chi connectivity index (χ1v) is 12.7. The largest absolute Gasteiger partial charge is 0.298 e. The molecule has 1 spiro atoms. The van der Waals surface area contributed by atoms with Crippen molar-refractivity contribution in [2.75, 3.05) is 10.7 Å². The molecule has 1 aromatic rings. The highest BCUT2D eigenvalue weighted by Gasteiger charge is 2.44. The van der Waals surface area contributed by atoms with Crippen LogP contribution in [0.2, 0.25) is 0 Å². The zero-order valence-electron chi connectivity index (χ0n) is 15.9. The van der Waals surface area contributed by atoms with Crippen LogP contribution in [0.15, 0.2) is 12.1 Å². The van der Waals surface area contributed by atoms with Crippen molar-refractivity contribution in [1.82, 2.24) is 0 Å². The number of hydrogen-bond donors (Lipinski definition) is 0. The zero-order chi connectivity index (χ0) is 19.0. The maximum absolute atomic E-state index is 12.5. The van der Waals surface area contributed by atoms with Gasteiger partial charge < -0.3 is 0 Å². The number of Topliss-reactive ketones (excluding diaryl/α,β-unsaturated/α-hetero) is 2. The molecule has 0 N–H and O–H groups in total. The van der Waals surface area contributed by atoms with Crippen LogP contribution in [0.25, 0.3) is 0 Å². The number of alkyl halides is 2. The summed E-state index contributed by atoms with van der Waals surface area (Å²) in [4.78, 5) is 24.6. The van der Waals surface area contributed by atoms with Crippen molar-refractivity contribution in [2.24, 2.45) is 5.92 Å². The molecule has 0 radical (unpaired) electrons. The van der Waals surface area contributed by atoms with Gasteiger partial charge in [-0.05, 0) is 79.4 Å². The standard InChI is InChI=1S/C23H28Br2O2/c24-13-20(26)16-5-3-15(4-6-16)17-7-8-18(21(27)14-25)19-9-12-23(22(17)19)10-1-2-11-23/h7-8,15-16H,1-6,9-14H2. The lowest BCUT2D eigenvalue weighted by molar-refractivity contribution is -0.121. The number of halogens is 2. The molecular formula is C23H28Br2O2. The topological polar surface area (TPSA) is 34.1 Å². The molecule has 4 rings (SSSR count). The number of benzene rings is 1. The van der Waals surface area contributed by atoms with E-state index in [1.807, 2.05) is 0 Å². The summed E-state index contributed by atoms with van der Waals surface area (Å²) in [6, 6.07) is 4.37. The van der Waals surface area contributed by atoms with Gasteiger partial charge in [0, 0.05) is 11.5 Å². The predicted molar refractivity (Wildman–Crippen MR) is 117 cm³/mol. The van der Waals surface area contributed by atoms with Crippen LogP contribution in [0.3, 0.4) is 0 Å². The maximum Gasteiger partial charge on any atom is 0.173 e. The van der Waals surface area contributed by atoms with E-state index >= 15 is 0 Å². The molecular weight excluding hydrogens is 468 g/mol. The Kier molecular flexibility index (Phi) is 5.95. The van der Waals surface area contributed by atoms with Crippen LogP contribution in [-0.4, -0.2) is 22.2 Å². The first-order chi connectivity index (χ1) is 13.1. The molecule has 0 aromatic heterocycles. The van der Waals surface area contributed by atoms with Crippen LogP contribution in [0.1, 0.15) is 90.8 Å². The van der Waals surface area contributed by atoms with Gasteiger partial charge in [-0.25, -0.2) is 0 Å². The molecule has 4 heteroatoms. The SMILES string of the molecule is O=C(CBr)c1ccc(C2CCC(C(=O)CBr)CC2)c2c1CCC21CCCC1. The van der Waals surface area contributed by atoms with E-state index in [0.717, 1.165) is 37.7 Å². The molecule has 0 bridgehead atoms. The lowest BCUT2D eigenvalue weighted by Gasteiger charge is -2.34. The molecule has 0 saturated heterocycles. The van der Waals surface area contributed by atoms with Crippen molar-refractivity contribution in [1.29, 1.82) is 0 Å². The Hall–Kier alpha value is -0.480. The van der Waals surface area contributed by atoms with Gasteiger partial charge in [-0.15, -0.1) is 0 Å². The molecule has 0 heterocycles. The molecule has 27 heavy (non-hydrogen) atoms. The molecule has 0 atom stereocenters. The highest BCUT2D eigenvalue weighted by atomic mass is 79.9. The maximum atomic E-state index is 12.5. The third-order valence-electron chi connectivity index (χ3n) is 7.47. The molecule has 2 saturated carbocycles. The zero-order valence-corrected chi connectivity index (χ0v) is 19.0. The van der Waals surface area contributed by atoms with Gasteiger partial charge in [0.2, 0.25) is 0 Å². The Labute approximate surface area is 179 Å². The normalized spacial score (nSPS) is 26.3. The Balaban J connectivity index is 1.69. The van der Waals surface area contributed by atoms with Crippen molar-refractivity contribution in [3.05, 3.63) is 34.4 Å². The Bertz CT molecular complexity index is 741. The Morgan fingerprint density at radius 3 is 2.30 bits per heavy atom. The lowest BCUT2D eigenvalue weighted by Crippen LogP contribution is -2.25. The van der Waals surface area contributed by atoms with Crippen LogP contribution in [0.5, 0.6) is 0 Å². The summed E-state index contributed by atoms with van der Waals surface area (Å²) in [6.07, 6.45) is 11.7. The van der Waals surface area contributed by atoms with Crippen molar-refractivity contribution < 1.29 is 9.59 Å². The monoisotopic (exact) mass is 494 g/mol. The van der Waals surface area contributed by atoms with Crippen LogP contribution < -0.4 is 0 Å². The smallest absolute Gasteiger partial charge is 0.173 e. The summed E-state index contributed by atoms with van der Waals surface area (Å²) < 4.78 is 0. The number of rotatable bonds is 5. The molecule has 0 amide bonds. The molecule has 0 aliphatic heterocycles. The minimum Gasteiger partial charge on any atom is -0.298 e. The lowest BCUT2D eigenvalue weighted by atomic mass is 9.70. The van der Waals surface area contributed by atoms with E-state index < -0.39 is 0 Å². The summed E-state index contributed by atoms with van der Waals surface area (Å²) in [5.74, 6) is 1.38. The van der Waals surface area contributed by atoms with E-state index in [2.05, 4.69) is 44.0 Å². The molecule has 146 valence electrons. The molecule has 0 unspecified atom stereocenters. The number of carbonyl (C=O) groups excluding carboxylic acids is 2. The third-order valence-corrected chi connectivity index (χ3v) is 8.53. The van der Waals surface area contributed by atoms with Crippen molar-refractivity contribution in [3.63, 3.8) is 0 Å². The third kappa shape index (κ3) is 3.50. The second-order valence-corrected chi connectivity index (χ2v) is 9.87. The van der Waals surface area contributed by atoms with Gasteiger partial charge in [0.1, 0.15) is 5.78 Å². The van der Waals surface area contributed by atoms with Gasteiger partial charge in [-0.1, -0.05) is 56.8 Å². The Morgan fingerprint density at radius 2 is 1.67 bits per heavy atom.